The molecule has 2 aliphatic heterocycles. The first-order chi connectivity index (χ1) is 24.2. The molecule has 50 heavy (non-hydrogen) atoms. The first-order valence-electron chi connectivity index (χ1n) is 16.6. The Morgan fingerprint density at radius 3 is 1.40 bits per heavy atom. The predicted molar refractivity (Wildman–Crippen MR) is 197 cm³/mol. The van der Waals surface area contributed by atoms with Crippen LogP contribution in [0.2, 0.25) is 0 Å². The SMILES string of the molecule is CC1(C)c2ccccc2N(c2cc(-c3c(C#N)cc(C#N)cc3N3c4ccccc4C(C)(C)c4ccccc43)cc(C#N)n2)c2ccccc21. The fourth-order valence-electron chi connectivity index (χ4n) is 7.94. The van der Waals surface area contributed by atoms with Gasteiger partial charge in [0.25, 0.3) is 0 Å². The van der Waals surface area contributed by atoms with Gasteiger partial charge in [0.1, 0.15) is 17.6 Å². The quantitative estimate of drug-likeness (QED) is 0.190. The van der Waals surface area contributed by atoms with E-state index in [0.29, 0.717) is 33.8 Å². The Morgan fingerprint density at radius 2 is 0.960 bits per heavy atom. The third-order valence-corrected chi connectivity index (χ3v) is 10.3. The number of hydrogen-bond donors (Lipinski definition) is 0. The molecule has 2 aliphatic rings. The normalized spacial score (nSPS) is 14.6. The average molecular weight is 645 g/mol. The summed E-state index contributed by atoms with van der Waals surface area (Å²) in [6.07, 6.45) is 0. The van der Waals surface area contributed by atoms with Crippen molar-refractivity contribution in [3.8, 4) is 29.3 Å². The van der Waals surface area contributed by atoms with E-state index in [1.54, 1.807) is 12.1 Å². The van der Waals surface area contributed by atoms with Gasteiger partial charge in [0.05, 0.1) is 51.7 Å². The standard InChI is InChI=1S/C44H32N6/c1-43(2)32-13-5-9-17-36(32)49(37-18-10-6-14-33(37)43)40-22-28(25-45)21-30(26-46)42(40)29-23-31(27-47)48-41(24-29)50-38-19-11-7-15-34(38)44(3,4)35-16-8-12-20-39(35)50/h5-24H,1-4H3. The van der Waals surface area contributed by atoms with E-state index in [9.17, 15) is 15.8 Å². The molecular formula is C44H32N6. The first kappa shape index (κ1) is 30.6. The maximum atomic E-state index is 10.7. The van der Waals surface area contributed by atoms with Crippen molar-refractivity contribution in [1.29, 1.82) is 15.8 Å². The maximum absolute atomic E-state index is 10.7. The number of nitrogens with zero attached hydrogens (tertiary/aromatic N) is 6. The third kappa shape index (κ3) is 4.42. The van der Waals surface area contributed by atoms with Gasteiger partial charge < -0.3 is 4.90 Å². The van der Waals surface area contributed by atoms with Crippen LogP contribution in [0.3, 0.4) is 0 Å². The van der Waals surface area contributed by atoms with Crippen LogP contribution >= 0.6 is 0 Å². The summed E-state index contributed by atoms with van der Waals surface area (Å²) in [5.41, 5.74) is 10.7. The Morgan fingerprint density at radius 1 is 0.500 bits per heavy atom. The molecule has 0 aliphatic carbocycles. The van der Waals surface area contributed by atoms with E-state index < -0.39 is 0 Å². The Labute approximate surface area is 292 Å². The predicted octanol–water partition coefficient (Wildman–Crippen LogP) is 10.6. The molecule has 0 bridgehead atoms. The molecule has 0 N–H and O–H groups in total. The minimum absolute atomic E-state index is 0.220. The minimum atomic E-state index is -0.296. The number of pyridine rings is 1. The molecule has 6 heteroatoms. The highest BCUT2D eigenvalue weighted by Gasteiger charge is 2.39. The van der Waals surface area contributed by atoms with Crippen molar-refractivity contribution in [1.82, 2.24) is 4.98 Å². The van der Waals surface area contributed by atoms with Crippen LogP contribution < -0.4 is 9.80 Å². The lowest BCUT2D eigenvalue weighted by Gasteiger charge is -2.42. The molecule has 238 valence electrons. The summed E-state index contributed by atoms with van der Waals surface area (Å²) in [5.74, 6) is 0.564. The Hall–Kier alpha value is -6.68. The van der Waals surface area contributed by atoms with Crippen LogP contribution in [0, 0.1) is 34.0 Å². The highest BCUT2D eigenvalue weighted by atomic mass is 15.2. The van der Waals surface area contributed by atoms with Gasteiger partial charge in [0.15, 0.2) is 0 Å². The van der Waals surface area contributed by atoms with Gasteiger partial charge in [-0.2, -0.15) is 15.8 Å². The maximum Gasteiger partial charge on any atom is 0.143 e. The van der Waals surface area contributed by atoms with E-state index in [-0.39, 0.29) is 16.5 Å². The molecule has 3 heterocycles. The van der Waals surface area contributed by atoms with Gasteiger partial charge in [-0.25, -0.2) is 4.98 Å². The van der Waals surface area contributed by atoms with Crippen LogP contribution in [-0.2, 0) is 10.8 Å². The lowest BCUT2D eigenvalue weighted by atomic mass is 9.73. The molecule has 0 radical (unpaired) electrons. The Bertz CT molecular complexity index is 2410. The van der Waals surface area contributed by atoms with E-state index in [1.807, 2.05) is 48.5 Å². The van der Waals surface area contributed by atoms with E-state index in [1.165, 1.54) is 0 Å². The zero-order valence-electron chi connectivity index (χ0n) is 28.2. The van der Waals surface area contributed by atoms with Gasteiger partial charge in [-0.1, -0.05) is 100 Å². The molecule has 0 spiro atoms. The van der Waals surface area contributed by atoms with Crippen molar-refractivity contribution in [2.24, 2.45) is 0 Å². The zero-order chi connectivity index (χ0) is 34.8. The second kappa shape index (κ2) is 11.2. The minimum Gasteiger partial charge on any atom is -0.309 e. The van der Waals surface area contributed by atoms with E-state index >= 15 is 0 Å². The summed E-state index contributed by atoms with van der Waals surface area (Å²) in [4.78, 5) is 9.16. The van der Waals surface area contributed by atoms with Gasteiger partial charge >= 0.3 is 0 Å². The van der Waals surface area contributed by atoms with E-state index in [0.717, 1.165) is 45.0 Å². The smallest absolute Gasteiger partial charge is 0.143 e. The molecule has 0 atom stereocenters. The second-order valence-electron chi connectivity index (χ2n) is 13.8. The zero-order valence-corrected chi connectivity index (χ0v) is 28.2. The Balaban J connectivity index is 1.43. The number of aromatic nitrogens is 1. The molecule has 0 fully saturated rings. The second-order valence-corrected chi connectivity index (χ2v) is 13.8. The number of benzene rings is 5. The van der Waals surface area contributed by atoms with E-state index in [2.05, 4.69) is 116 Å². The number of fused-ring (bicyclic) bond motifs is 4. The molecule has 0 saturated heterocycles. The summed E-state index contributed by atoms with van der Waals surface area (Å²) in [7, 11) is 0. The lowest BCUT2D eigenvalue weighted by Crippen LogP contribution is -2.31. The fourth-order valence-corrected chi connectivity index (χ4v) is 7.94. The van der Waals surface area contributed by atoms with Gasteiger partial charge in [0.2, 0.25) is 0 Å². The average Bonchev–Trinajstić information content (AvgIpc) is 3.14. The van der Waals surface area contributed by atoms with Gasteiger partial charge in [-0.15, -0.1) is 0 Å². The van der Waals surface area contributed by atoms with Crippen molar-refractivity contribution in [3.63, 3.8) is 0 Å². The summed E-state index contributed by atoms with van der Waals surface area (Å²) < 4.78 is 0. The highest BCUT2D eigenvalue weighted by molar-refractivity contribution is 5.96. The summed E-state index contributed by atoms with van der Waals surface area (Å²) in [5, 5.41) is 31.3. The largest absolute Gasteiger partial charge is 0.309 e. The molecule has 1 aromatic heterocycles. The molecule has 0 unspecified atom stereocenters. The van der Waals surface area contributed by atoms with Crippen molar-refractivity contribution in [3.05, 3.63) is 160 Å². The van der Waals surface area contributed by atoms with Crippen LogP contribution in [0.1, 0.15) is 66.8 Å². The molecule has 8 rings (SSSR count). The molecular weight excluding hydrogens is 613 g/mol. The molecule has 5 aromatic carbocycles. The Kier molecular flexibility index (Phi) is 6.86. The summed E-state index contributed by atoms with van der Waals surface area (Å²) >= 11 is 0. The number of hydrogen-bond acceptors (Lipinski definition) is 6. The van der Waals surface area contributed by atoms with Crippen molar-refractivity contribution in [2.45, 2.75) is 38.5 Å². The molecule has 6 nitrogen and oxygen atoms in total. The number of rotatable bonds is 3. The molecule has 0 saturated carbocycles. The topological polar surface area (TPSA) is 90.7 Å². The lowest BCUT2D eigenvalue weighted by molar-refractivity contribution is 0.631. The third-order valence-electron chi connectivity index (χ3n) is 10.3. The van der Waals surface area contributed by atoms with Crippen molar-refractivity contribution >= 4 is 34.3 Å². The monoisotopic (exact) mass is 644 g/mol. The highest BCUT2D eigenvalue weighted by Crippen LogP contribution is 2.55. The first-order valence-corrected chi connectivity index (χ1v) is 16.6. The summed E-state index contributed by atoms with van der Waals surface area (Å²) in [6.45, 7) is 8.90. The summed E-state index contributed by atoms with van der Waals surface area (Å²) in [6, 6.07) is 47.3. The number of nitriles is 3. The molecule has 6 aromatic rings. The van der Waals surface area contributed by atoms with Crippen LogP contribution in [0.25, 0.3) is 11.1 Å². The van der Waals surface area contributed by atoms with Crippen LogP contribution in [-0.4, -0.2) is 4.98 Å². The van der Waals surface area contributed by atoms with Gasteiger partial charge in [-0.3, -0.25) is 4.90 Å². The van der Waals surface area contributed by atoms with Crippen molar-refractivity contribution in [2.75, 3.05) is 9.80 Å². The van der Waals surface area contributed by atoms with Crippen LogP contribution in [0.15, 0.2) is 121 Å². The van der Waals surface area contributed by atoms with Crippen LogP contribution in [0.5, 0.6) is 0 Å². The van der Waals surface area contributed by atoms with Gasteiger partial charge in [-0.05, 0) is 76.3 Å². The van der Waals surface area contributed by atoms with Crippen LogP contribution in [0.4, 0.5) is 34.3 Å². The van der Waals surface area contributed by atoms with E-state index in [4.69, 9.17) is 4.98 Å². The van der Waals surface area contributed by atoms with Crippen molar-refractivity contribution < 1.29 is 0 Å². The molecule has 0 amide bonds. The van der Waals surface area contributed by atoms with Gasteiger partial charge in [0, 0.05) is 16.4 Å². The fraction of sp³-hybridized carbons (Fsp3) is 0.136. The number of anilines is 6. The number of para-hydroxylation sites is 4.